The fourth-order valence-electron chi connectivity index (χ4n) is 4.31. The van der Waals surface area contributed by atoms with Crippen molar-refractivity contribution >= 4 is 6.03 Å². The van der Waals surface area contributed by atoms with Crippen LogP contribution in [0.3, 0.4) is 0 Å². The van der Waals surface area contributed by atoms with Gasteiger partial charge in [-0.05, 0) is 66.8 Å². The highest BCUT2D eigenvalue weighted by molar-refractivity contribution is 5.71. The average Bonchev–Trinajstić information content (AvgIpc) is 2.54. The van der Waals surface area contributed by atoms with E-state index in [1.165, 1.54) is 5.56 Å². The number of nitrogens with zero attached hydrogens (tertiary/aromatic N) is 1. The molecular formula is C20H22N2O3. The number of urea groups is 1. The van der Waals surface area contributed by atoms with Crippen LogP contribution in [0.5, 0.6) is 11.5 Å². The molecule has 1 atom stereocenters. The molecule has 130 valence electrons. The van der Waals surface area contributed by atoms with E-state index >= 15 is 0 Å². The fraction of sp³-hybridized carbons (Fsp3) is 0.350. The molecule has 2 amide bonds. The first kappa shape index (κ1) is 16.0. The van der Waals surface area contributed by atoms with Gasteiger partial charge in [0.1, 0.15) is 11.5 Å². The molecule has 25 heavy (non-hydrogen) atoms. The molecule has 3 N–H and O–H groups in total. The number of hydrogen-bond donors (Lipinski definition) is 2. The summed E-state index contributed by atoms with van der Waals surface area (Å²) < 4.78 is 5.91. The number of benzene rings is 2. The van der Waals surface area contributed by atoms with Crippen molar-refractivity contribution in [2.45, 2.75) is 37.6 Å². The van der Waals surface area contributed by atoms with Gasteiger partial charge < -0.3 is 10.5 Å². The van der Waals surface area contributed by atoms with Gasteiger partial charge in [-0.3, -0.25) is 5.21 Å². The summed E-state index contributed by atoms with van der Waals surface area (Å²) in [7, 11) is 0. The quantitative estimate of drug-likeness (QED) is 0.645. The Hall–Kier alpha value is -2.53. The van der Waals surface area contributed by atoms with E-state index in [2.05, 4.69) is 12.1 Å². The third-order valence-electron chi connectivity index (χ3n) is 5.76. The van der Waals surface area contributed by atoms with Crippen LogP contribution >= 0.6 is 0 Å². The normalized spacial score (nSPS) is 27.2. The van der Waals surface area contributed by atoms with E-state index in [1.54, 1.807) is 0 Å². The largest absolute Gasteiger partial charge is 0.457 e. The first-order valence-corrected chi connectivity index (χ1v) is 8.68. The van der Waals surface area contributed by atoms with Gasteiger partial charge in [-0.1, -0.05) is 30.3 Å². The van der Waals surface area contributed by atoms with Gasteiger partial charge in [-0.15, -0.1) is 0 Å². The topological polar surface area (TPSA) is 75.8 Å². The van der Waals surface area contributed by atoms with E-state index in [4.69, 9.17) is 10.5 Å². The number of hydrogen-bond acceptors (Lipinski definition) is 3. The number of carbonyl (C=O) groups excluding carboxylic acids is 1. The zero-order valence-electron chi connectivity index (χ0n) is 14.0. The van der Waals surface area contributed by atoms with Crippen LogP contribution in [0.25, 0.3) is 0 Å². The summed E-state index contributed by atoms with van der Waals surface area (Å²) in [5.74, 6) is 2.08. The number of ether oxygens (including phenoxy) is 1. The van der Waals surface area contributed by atoms with Gasteiger partial charge >= 0.3 is 6.03 Å². The van der Waals surface area contributed by atoms with E-state index in [9.17, 15) is 10.0 Å². The smallest absolute Gasteiger partial charge is 0.338 e. The first-order chi connectivity index (χ1) is 12.1. The molecule has 1 unspecified atom stereocenters. The molecule has 2 aromatic rings. The van der Waals surface area contributed by atoms with Crippen LogP contribution in [-0.4, -0.2) is 22.3 Å². The molecule has 2 fully saturated rings. The zero-order chi connectivity index (χ0) is 17.4. The summed E-state index contributed by atoms with van der Waals surface area (Å²) in [6.07, 6.45) is 3.80. The van der Waals surface area contributed by atoms with E-state index in [0.717, 1.165) is 42.2 Å². The molecular weight excluding hydrogens is 316 g/mol. The van der Waals surface area contributed by atoms with Crippen molar-refractivity contribution < 1.29 is 14.7 Å². The number of amides is 2. The molecule has 0 bridgehead atoms. The summed E-state index contributed by atoms with van der Waals surface area (Å²) in [4.78, 5) is 11.2. The first-order valence-electron chi connectivity index (χ1n) is 8.68. The number of carbonyl (C=O) groups is 1. The number of nitrogens with two attached hydrogens (primary N) is 1. The Morgan fingerprint density at radius 1 is 1.12 bits per heavy atom. The van der Waals surface area contributed by atoms with Gasteiger partial charge in [0.05, 0.1) is 6.04 Å². The molecule has 2 aromatic carbocycles. The van der Waals surface area contributed by atoms with Gasteiger partial charge in [0.2, 0.25) is 0 Å². The molecule has 5 heteroatoms. The molecule has 0 aliphatic heterocycles. The third kappa shape index (κ3) is 2.85. The molecule has 5 nitrogen and oxygen atoms in total. The van der Waals surface area contributed by atoms with Crippen molar-refractivity contribution in [1.82, 2.24) is 5.06 Å². The lowest BCUT2D eigenvalue weighted by Gasteiger charge is -2.60. The summed E-state index contributed by atoms with van der Waals surface area (Å²) in [6.45, 7) is 0. The molecule has 0 saturated heterocycles. The monoisotopic (exact) mass is 338 g/mol. The minimum absolute atomic E-state index is 0.0325. The second-order valence-corrected chi connectivity index (χ2v) is 7.19. The van der Waals surface area contributed by atoms with Crippen molar-refractivity contribution in [3.05, 3.63) is 60.2 Å². The van der Waals surface area contributed by atoms with Crippen LogP contribution in [0.15, 0.2) is 54.6 Å². The van der Waals surface area contributed by atoms with Crippen molar-refractivity contribution in [1.29, 1.82) is 0 Å². The third-order valence-corrected chi connectivity index (χ3v) is 5.76. The number of para-hydroxylation sites is 1. The minimum Gasteiger partial charge on any atom is -0.457 e. The highest BCUT2D eigenvalue weighted by atomic mass is 16.5. The summed E-state index contributed by atoms with van der Waals surface area (Å²) >= 11 is 0. The van der Waals surface area contributed by atoms with E-state index in [1.807, 2.05) is 42.5 Å². The summed E-state index contributed by atoms with van der Waals surface area (Å²) in [5, 5.41) is 10.6. The standard InChI is InChI=1S/C20H22N2O3/c21-19(23)22(24)18-9-10-20(18)12-15(13-20)14-5-4-8-17(11-14)25-16-6-2-1-3-7-16/h1-8,11,15,18,24H,9-10,12-13H2,(H2,21,23). The van der Waals surface area contributed by atoms with E-state index in [-0.39, 0.29) is 11.5 Å². The Bertz CT molecular complexity index is 772. The van der Waals surface area contributed by atoms with E-state index < -0.39 is 6.03 Å². The van der Waals surface area contributed by atoms with E-state index in [0.29, 0.717) is 5.92 Å². The lowest BCUT2D eigenvalue weighted by molar-refractivity contribution is -0.185. The maximum absolute atomic E-state index is 11.2. The number of primary amides is 1. The minimum atomic E-state index is -0.759. The second-order valence-electron chi connectivity index (χ2n) is 7.19. The SMILES string of the molecule is NC(=O)N(O)C1CCC12CC(c1cccc(Oc3ccccc3)c1)C2. The van der Waals surface area contributed by atoms with Crippen LogP contribution in [0.1, 0.15) is 37.2 Å². The molecule has 0 heterocycles. The molecule has 1 spiro atoms. The summed E-state index contributed by atoms with van der Waals surface area (Å²) in [6, 6.07) is 17.0. The van der Waals surface area contributed by atoms with Gasteiger partial charge in [0, 0.05) is 0 Å². The van der Waals surface area contributed by atoms with Gasteiger partial charge in [-0.2, -0.15) is 0 Å². The Balaban J connectivity index is 1.43. The maximum atomic E-state index is 11.2. The average molecular weight is 338 g/mol. The Morgan fingerprint density at radius 2 is 1.84 bits per heavy atom. The van der Waals surface area contributed by atoms with Crippen LogP contribution in [0.4, 0.5) is 4.79 Å². The second kappa shape index (κ2) is 6.08. The molecule has 2 aliphatic rings. The van der Waals surface area contributed by atoms with Gasteiger partial charge in [0.15, 0.2) is 0 Å². The molecule has 2 saturated carbocycles. The molecule has 2 aliphatic carbocycles. The molecule has 0 aromatic heterocycles. The predicted octanol–water partition coefficient (Wildman–Crippen LogP) is 4.28. The Morgan fingerprint density at radius 3 is 2.48 bits per heavy atom. The summed E-state index contributed by atoms with van der Waals surface area (Å²) in [5.41, 5.74) is 6.48. The predicted molar refractivity (Wildman–Crippen MR) is 93.6 cm³/mol. The van der Waals surface area contributed by atoms with Gasteiger partial charge in [0.25, 0.3) is 0 Å². The van der Waals surface area contributed by atoms with Crippen molar-refractivity contribution in [2.75, 3.05) is 0 Å². The number of hydroxylamine groups is 2. The Kier molecular flexibility index (Phi) is 3.88. The number of rotatable bonds is 4. The van der Waals surface area contributed by atoms with Crippen molar-refractivity contribution in [3.63, 3.8) is 0 Å². The molecule has 4 rings (SSSR count). The van der Waals surface area contributed by atoms with Crippen molar-refractivity contribution in [3.8, 4) is 11.5 Å². The van der Waals surface area contributed by atoms with Crippen molar-refractivity contribution in [2.24, 2.45) is 11.1 Å². The van der Waals surface area contributed by atoms with Crippen LogP contribution in [-0.2, 0) is 0 Å². The molecule has 0 radical (unpaired) electrons. The highest BCUT2D eigenvalue weighted by Gasteiger charge is 2.58. The maximum Gasteiger partial charge on any atom is 0.338 e. The highest BCUT2D eigenvalue weighted by Crippen LogP contribution is 2.63. The zero-order valence-corrected chi connectivity index (χ0v) is 14.0. The lowest BCUT2D eigenvalue weighted by Crippen LogP contribution is -2.61. The van der Waals surface area contributed by atoms with Gasteiger partial charge in [-0.25, -0.2) is 9.86 Å². The fourth-order valence-corrected chi connectivity index (χ4v) is 4.31. The lowest BCUT2D eigenvalue weighted by atomic mass is 9.48. The Labute approximate surface area is 147 Å². The van der Waals surface area contributed by atoms with Crippen LogP contribution < -0.4 is 10.5 Å². The van der Waals surface area contributed by atoms with Crippen LogP contribution in [0, 0.1) is 5.41 Å². The van der Waals surface area contributed by atoms with Crippen LogP contribution in [0.2, 0.25) is 0 Å².